The van der Waals surface area contributed by atoms with Crippen LogP contribution < -0.4 is 11.3 Å². The second kappa shape index (κ2) is 6.16. The first-order valence-corrected chi connectivity index (χ1v) is 6.34. The van der Waals surface area contributed by atoms with E-state index in [0.29, 0.717) is 17.9 Å². The van der Waals surface area contributed by atoms with Gasteiger partial charge in [0, 0.05) is 19.8 Å². The van der Waals surface area contributed by atoms with E-state index in [-0.39, 0.29) is 5.91 Å². The van der Waals surface area contributed by atoms with E-state index in [1.807, 2.05) is 31.2 Å². The number of carbonyl (C=O) groups is 1. The summed E-state index contributed by atoms with van der Waals surface area (Å²) in [5, 5.41) is 0. The summed E-state index contributed by atoms with van der Waals surface area (Å²) in [5.74, 6) is 5.70. The van der Waals surface area contributed by atoms with Gasteiger partial charge in [-0.1, -0.05) is 29.8 Å². The van der Waals surface area contributed by atoms with Gasteiger partial charge in [0.15, 0.2) is 0 Å². The van der Waals surface area contributed by atoms with Crippen LogP contribution in [0.1, 0.15) is 21.5 Å². The highest BCUT2D eigenvalue weighted by molar-refractivity contribution is 5.93. The van der Waals surface area contributed by atoms with Crippen molar-refractivity contribution >= 4 is 11.7 Å². The molecule has 0 unspecified atom stereocenters. The third-order valence-electron chi connectivity index (χ3n) is 3.05. The number of benzene rings is 1. The molecule has 5 heteroatoms. The lowest BCUT2D eigenvalue weighted by Crippen LogP contribution is -2.26. The monoisotopic (exact) mass is 270 g/mol. The number of hydrogen-bond donors (Lipinski definition) is 2. The Bertz CT molecular complexity index is 578. The largest absolute Gasteiger partial charge is 0.337 e. The molecule has 3 N–H and O–H groups in total. The third kappa shape index (κ3) is 3.33. The van der Waals surface area contributed by atoms with Crippen molar-refractivity contribution < 1.29 is 4.79 Å². The molecule has 0 aliphatic rings. The van der Waals surface area contributed by atoms with Crippen molar-refractivity contribution in [3.63, 3.8) is 0 Å². The minimum absolute atomic E-state index is 0.0679. The molecule has 0 aliphatic heterocycles. The molecular formula is C15H18N4O. The molecule has 104 valence electrons. The molecule has 5 nitrogen and oxygen atoms in total. The van der Waals surface area contributed by atoms with Gasteiger partial charge in [0.2, 0.25) is 0 Å². The van der Waals surface area contributed by atoms with E-state index < -0.39 is 0 Å². The molecule has 0 aliphatic carbocycles. The zero-order chi connectivity index (χ0) is 14.5. The fourth-order valence-corrected chi connectivity index (χ4v) is 1.87. The van der Waals surface area contributed by atoms with Crippen molar-refractivity contribution in [3.05, 3.63) is 59.3 Å². The number of anilines is 1. The molecule has 0 saturated heterocycles. The highest BCUT2D eigenvalue weighted by Crippen LogP contribution is 2.10. The highest BCUT2D eigenvalue weighted by Gasteiger charge is 2.12. The normalized spacial score (nSPS) is 10.2. The summed E-state index contributed by atoms with van der Waals surface area (Å²) in [7, 11) is 1.78. The molecule has 2 rings (SSSR count). The summed E-state index contributed by atoms with van der Waals surface area (Å²) in [6.45, 7) is 2.60. The molecule has 20 heavy (non-hydrogen) atoms. The van der Waals surface area contributed by atoms with Crippen LogP contribution in [0, 0.1) is 6.92 Å². The van der Waals surface area contributed by atoms with Crippen LogP contribution in [0.3, 0.4) is 0 Å². The highest BCUT2D eigenvalue weighted by atomic mass is 16.2. The first kappa shape index (κ1) is 14.0. The van der Waals surface area contributed by atoms with Gasteiger partial charge < -0.3 is 10.3 Å². The van der Waals surface area contributed by atoms with Gasteiger partial charge >= 0.3 is 0 Å². The summed E-state index contributed by atoms with van der Waals surface area (Å²) in [6, 6.07) is 11.5. The van der Waals surface area contributed by atoms with Crippen molar-refractivity contribution in [2.24, 2.45) is 5.84 Å². The minimum Gasteiger partial charge on any atom is -0.337 e. The number of amides is 1. The van der Waals surface area contributed by atoms with Crippen molar-refractivity contribution in [1.82, 2.24) is 9.88 Å². The fraction of sp³-hybridized carbons (Fsp3) is 0.200. The lowest BCUT2D eigenvalue weighted by atomic mass is 10.1. The zero-order valence-corrected chi connectivity index (χ0v) is 11.6. The zero-order valence-electron chi connectivity index (χ0n) is 11.6. The lowest BCUT2D eigenvalue weighted by molar-refractivity contribution is 0.0784. The second-order valence-electron chi connectivity index (χ2n) is 4.72. The third-order valence-corrected chi connectivity index (χ3v) is 3.05. The van der Waals surface area contributed by atoms with Gasteiger partial charge in [-0.3, -0.25) is 4.79 Å². The fourth-order valence-electron chi connectivity index (χ4n) is 1.87. The summed E-state index contributed by atoms with van der Waals surface area (Å²) in [4.78, 5) is 17.9. The Kier molecular flexibility index (Phi) is 4.32. The molecule has 1 amide bonds. The van der Waals surface area contributed by atoms with E-state index in [2.05, 4.69) is 10.4 Å². The summed E-state index contributed by atoms with van der Waals surface area (Å²) < 4.78 is 0. The molecule has 0 atom stereocenters. The molecule has 0 spiro atoms. The van der Waals surface area contributed by atoms with Gasteiger partial charge in [0.05, 0.1) is 5.56 Å². The van der Waals surface area contributed by atoms with Crippen molar-refractivity contribution in [2.75, 3.05) is 12.5 Å². The first-order valence-electron chi connectivity index (χ1n) is 6.34. The van der Waals surface area contributed by atoms with E-state index >= 15 is 0 Å². The van der Waals surface area contributed by atoms with E-state index in [1.165, 1.54) is 11.8 Å². The van der Waals surface area contributed by atoms with E-state index in [9.17, 15) is 4.79 Å². The summed E-state index contributed by atoms with van der Waals surface area (Å²) in [5.41, 5.74) is 5.27. The Balaban J connectivity index is 2.05. The quantitative estimate of drug-likeness (QED) is 0.658. The number of nitrogens with one attached hydrogen (secondary N) is 1. The smallest absolute Gasteiger partial charge is 0.255 e. The molecule has 0 fully saturated rings. The maximum Gasteiger partial charge on any atom is 0.255 e. The molecule has 1 aromatic heterocycles. The molecule has 0 saturated carbocycles. The van der Waals surface area contributed by atoms with Crippen molar-refractivity contribution in [2.45, 2.75) is 13.5 Å². The Labute approximate surface area is 118 Å². The average molecular weight is 270 g/mol. The summed E-state index contributed by atoms with van der Waals surface area (Å²) in [6.07, 6.45) is 1.52. The number of carbonyl (C=O) groups excluding carboxylic acids is 1. The Morgan fingerprint density at radius 1 is 1.25 bits per heavy atom. The number of nitrogen functional groups attached to an aromatic ring is 1. The van der Waals surface area contributed by atoms with Crippen LogP contribution in [0.2, 0.25) is 0 Å². The number of nitrogens with zero attached hydrogens (tertiary/aromatic N) is 2. The maximum atomic E-state index is 12.2. The predicted octanol–water partition coefficient (Wildman–Crippen LogP) is 1.95. The van der Waals surface area contributed by atoms with Gasteiger partial charge in [-0.2, -0.15) is 0 Å². The first-order chi connectivity index (χ1) is 9.60. The topological polar surface area (TPSA) is 71.2 Å². The minimum atomic E-state index is -0.0679. The molecule has 0 bridgehead atoms. The number of aromatic nitrogens is 1. The van der Waals surface area contributed by atoms with Gasteiger partial charge in [0.1, 0.15) is 5.82 Å². The van der Waals surface area contributed by atoms with Gasteiger partial charge in [-0.05, 0) is 24.6 Å². The van der Waals surface area contributed by atoms with Gasteiger partial charge in [-0.15, -0.1) is 0 Å². The second-order valence-corrected chi connectivity index (χ2v) is 4.72. The molecule has 1 aromatic carbocycles. The summed E-state index contributed by atoms with van der Waals surface area (Å²) >= 11 is 0. The molecule has 1 heterocycles. The molecule has 0 radical (unpaired) electrons. The van der Waals surface area contributed by atoms with Gasteiger partial charge in [-0.25, -0.2) is 10.8 Å². The molecular weight excluding hydrogens is 252 g/mol. The van der Waals surface area contributed by atoms with Crippen LogP contribution in [-0.4, -0.2) is 22.8 Å². The van der Waals surface area contributed by atoms with Crippen LogP contribution in [0.4, 0.5) is 5.82 Å². The van der Waals surface area contributed by atoms with E-state index in [0.717, 1.165) is 5.56 Å². The van der Waals surface area contributed by atoms with Crippen LogP contribution >= 0.6 is 0 Å². The van der Waals surface area contributed by atoms with E-state index in [1.54, 1.807) is 24.1 Å². The van der Waals surface area contributed by atoms with Crippen LogP contribution in [-0.2, 0) is 6.54 Å². The number of rotatable bonds is 4. The van der Waals surface area contributed by atoms with Crippen molar-refractivity contribution in [1.29, 1.82) is 0 Å². The number of hydrogen-bond acceptors (Lipinski definition) is 4. The van der Waals surface area contributed by atoms with E-state index in [4.69, 9.17) is 5.84 Å². The maximum absolute atomic E-state index is 12.2. The van der Waals surface area contributed by atoms with Crippen molar-refractivity contribution in [3.8, 4) is 0 Å². The van der Waals surface area contributed by atoms with Crippen LogP contribution in [0.15, 0.2) is 42.6 Å². The average Bonchev–Trinajstić information content (AvgIpc) is 2.49. The Hall–Kier alpha value is -2.40. The number of hydrazine groups is 1. The van der Waals surface area contributed by atoms with Gasteiger partial charge in [0.25, 0.3) is 5.91 Å². The van der Waals surface area contributed by atoms with Crippen LogP contribution in [0.5, 0.6) is 0 Å². The van der Waals surface area contributed by atoms with Crippen LogP contribution in [0.25, 0.3) is 0 Å². The molecule has 2 aromatic rings. The number of aryl methyl sites for hydroxylation is 1. The SMILES string of the molecule is Cc1ccc(CN(C)C(=O)c2ccc(NN)nc2)cc1. The Morgan fingerprint density at radius 2 is 1.95 bits per heavy atom. The number of nitrogens with two attached hydrogens (primary N) is 1. The Morgan fingerprint density at radius 3 is 2.50 bits per heavy atom. The predicted molar refractivity (Wildman–Crippen MR) is 79.0 cm³/mol. The lowest BCUT2D eigenvalue weighted by Gasteiger charge is -2.17. The number of pyridine rings is 1. The standard InChI is InChI=1S/C15H18N4O/c1-11-3-5-12(6-4-11)10-19(2)15(20)13-7-8-14(18-16)17-9-13/h3-9H,10,16H2,1-2H3,(H,17,18).